The van der Waals surface area contributed by atoms with Crippen molar-refractivity contribution in [2.75, 3.05) is 44.4 Å². The van der Waals surface area contributed by atoms with E-state index in [1.165, 1.54) is 12.3 Å². The summed E-state index contributed by atoms with van der Waals surface area (Å²) in [6.07, 6.45) is 2.54. The van der Waals surface area contributed by atoms with Gasteiger partial charge in [0.05, 0.1) is 17.4 Å². The molecule has 2 aromatic carbocycles. The number of aryl methyl sites for hydroxylation is 1. The number of fused-ring (bicyclic) bond motifs is 1. The molecule has 4 rings (SSSR count). The number of carbonyl (C=O) groups excluding carboxylic acids is 2. The van der Waals surface area contributed by atoms with E-state index >= 15 is 0 Å². The van der Waals surface area contributed by atoms with Crippen LogP contribution in [0.1, 0.15) is 29.8 Å². The second kappa shape index (κ2) is 12.2. The molecule has 2 heterocycles. The van der Waals surface area contributed by atoms with Crippen molar-refractivity contribution in [3.63, 3.8) is 0 Å². The molecule has 0 aliphatic rings. The van der Waals surface area contributed by atoms with Crippen LogP contribution in [0.15, 0.2) is 67.4 Å². The molecule has 0 spiro atoms. The number of aromatic nitrogens is 2. The molecule has 8 nitrogen and oxygen atoms in total. The van der Waals surface area contributed by atoms with Gasteiger partial charge in [0.2, 0.25) is 5.91 Å². The first-order chi connectivity index (χ1) is 19.1. The molecule has 1 amide bonds. The maximum Gasteiger partial charge on any atom is 0.339 e. The summed E-state index contributed by atoms with van der Waals surface area (Å²) >= 11 is 0. The summed E-state index contributed by atoms with van der Waals surface area (Å²) in [4.78, 5) is 37.3. The lowest BCUT2D eigenvalue weighted by Crippen LogP contribution is -2.28. The van der Waals surface area contributed by atoms with Gasteiger partial charge in [0.1, 0.15) is 5.65 Å². The summed E-state index contributed by atoms with van der Waals surface area (Å²) in [6, 6.07) is 16.1. The van der Waals surface area contributed by atoms with Crippen molar-refractivity contribution in [3.05, 3.63) is 78.5 Å². The minimum atomic E-state index is -0.425. The van der Waals surface area contributed by atoms with E-state index in [1.807, 2.05) is 45.0 Å². The average molecular weight is 540 g/mol. The number of pyridine rings is 1. The number of ether oxygens (including phenoxy) is 1. The Morgan fingerprint density at radius 3 is 2.40 bits per heavy atom. The van der Waals surface area contributed by atoms with E-state index in [-0.39, 0.29) is 12.0 Å². The highest BCUT2D eigenvalue weighted by molar-refractivity contribution is 6.06. The fraction of sp³-hybridized carbons (Fsp3) is 0.281. The fourth-order valence-electron chi connectivity index (χ4n) is 4.44. The number of aromatic amines is 1. The molecule has 4 aromatic rings. The van der Waals surface area contributed by atoms with E-state index in [2.05, 4.69) is 77.1 Å². The van der Waals surface area contributed by atoms with E-state index in [1.54, 1.807) is 0 Å². The third kappa shape index (κ3) is 6.40. The van der Waals surface area contributed by atoms with Gasteiger partial charge in [0.25, 0.3) is 0 Å². The lowest BCUT2D eigenvalue weighted by molar-refractivity contribution is -0.111. The zero-order chi connectivity index (χ0) is 29.0. The molecule has 40 heavy (non-hydrogen) atoms. The molecule has 8 heteroatoms. The number of benzene rings is 2. The van der Waals surface area contributed by atoms with Crippen LogP contribution in [-0.2, 0) is 9.53 Å². The molecule has 0 unspecified atom stereocenters. The summed E-state index contributed by atoms with van der Waals surface area (Å²) in [5, 5.41) is 3.68. The first-order valence-corrected chi connectivity index (χ1v) is 13.3. The first kappa shape index (κ1) is 28.6. The second-order valence-corrected chi connectivity index (χ2v) is 10.4. The van der Waals surface area contributed by atoms with Gasteiger partial charge in [-0.2, -0.15) is 0 Å². The zero-order valence-electron chi connectivity index (χ0n) is 24.0. The number of nitrogens with zero attached hydrogens (tertiary/aromatic N) is 3. The van der Waals surface area contributed by atoms with Crippen LogP contribution in [-0.4, -0.2) is 67.1 Å². The number of hydrogen-bond acceptors (Lipinski definition) is 6. The zero-order valence-corrected chi connectivity index (χ0v) is 24.0. The minimum Gasteiger partial charge on any atom is -0.459 e. The van der Waals surface area contributed by atoms with Gasteiger partial charge in [-0.1, -0.05) is 30.8 Å². The Kier molecular flexibility index (Phi) is 8.70. The molecule has 0 saturated carbocycles. The molecule has 0 fully saturated rings. The number of H-pyrrole nitrogens is 1. The number of nitrogens with one attached hydrogen (secondary N) is 2. The standard InChI is InChI=1S/C32H37N5O3/c1-8-28(38)34-27-18-23(10-9-21(27)4)29-26-17-24(32(39)40-20(2)3)19-33-31(26)35-30(29)22-11-13-25(14-12-22)37(7)16-15-36(5)6/h8-14,17-20H,1,15-16H2,2-7H3,(H,33,35)(H,34,38). The van der Waals surface area contributed by atoms with Crippen molar-refractivity contribution < 1.29 is 14.3 Å². The van der Waals surface area contributed by atoms with Crippen molar-refractivity contribution in [1.82, 2.24) is 14.9 Å². The van der Waals surface area contributed by atoms with Gasteiger partial charge >= 0.3 is 5.97 Å². The van der Waals surface area contributed by atoms with Crippen molar-refractivity contribution in [1.29, 1.82) is 0 Å². The number of likely N-dealkylation sites (N-methyl/N-ethyl adjacent to an activating group) is 2. The van der Waals surface area contributed by atoms with Crippen molar-refractivity contribution in [3.8, 4) is 22.4 Å². The van der Waals surface area contributed by atoms with E-state index in [4.69, 9.17) is 4.74 Å². The van der Waals surface area contributed by atoms with Crippen LogP contribution in [0.3, 0.4) is 0 Å². The van der Waals surface area contributed by atoms with Crippen LogP contribution in [0.2, 0.25) is 0 Å². The van der Waals surface area contributed by atoms with E-state index in [0.717, 1.165) is 52.1 Å². The smallest absolute Gasteiger partial charge is 0.339 e. The summed E-state index contributed by atoms with van der Waals surface area (Å²) in [5.41, 5.74) is 7.33. The van der Waals surface area contributed by atoms with E-state index in [9.17, 15) is 9.59 Å². The van der Waals surface area contributed by atoms with Gasteiger partial charge in [-0.3, -0.25) is 4.79 Å². The molecule has 0 aliphatic carbocycles. The maximum absolute atomic E-state index is 12.7. The van der Waals surface area contributed by atoms with Crippen LogP contribution in [0.4, 0.5) is 11.4 Å². The summed E-state index contributed by atoms with van der Waals surface area (Å²) in [7, 11) is 6.21. The summed E-state index contributed by atoms with van der Waals surface area (Å²) in [6.45, 7) is 11.0. The normalized spacial score (nSPS) is 11.2. The molecule has 2 aromatic heterocycles. The fourth-order valence-corrected chi connectivity index (χ4v) is 4.44. The number of anilines is 2. The highest BCUT2D eigenvalue weighted by Crippen LogP contribution is 2.40. The molecule has 0 bridgehead atoms. The Labute approximate surface area is 235 Å². The van der Waals surface area contributed by atoms with Gasteiger partial charge in [0, 0.05) is 48.7 Å². The number of esters is 1. The van der Waals surface area contributed by atoms with Gasteiger partial charge in [0.15, 0.2) is 0 Å². The third-order valence-electron chi connectivity index (χ3n) is 6.68. The largest absolute Gasteiger partial charge is 0.459 e. The molecular weight excluding hydrogens is 502 g/mol. The molecule has 0 aliphatic heterocycles. The number of carbonyl (C=O) groups is 2. The topological polar surface area (TPSA) is 90.6 Å². The maximum atomic E-state index is 12.7. The lowest BCUT2D eigenvalue weighted by Gasteiger charge is -2.21. The predicted molar refractivity (Wildman–Crippen MR) is 163 cm³/mol. The predicted octanol–water partition coefficient (Wildman–Crippen LogP) is 5.89. The van der Waals surface area contributed by atoms with Crippen LogP contribution in [0, 0.1) is 6.92 Å². The molecular formula is C32H37N5O3. The molecule has 208 valence electrons. The highest BCUT2D eigenvalue weighted by atomic mass is 16.5. The Morgan fingerprint density at radius 1 is 1.05 bits per heavy atom. The highest BCUT2D eigenvalue weighted by Gasteiger charge is 2.20. The molecule has 0 atom stereocenters. The Bertz CT molecular complexity index is 1540. The SMILES string of the molecule is C=CC(=O)Nc1cc(-c2c(-c3ccc(N(C)CCN(C)C)cc3)[nH]c3ncc(C(=O)OC(C)C)cc23)ccc1C. The second-order valence-electron chi connectivity index (χ2n) is 10.4. The minimum absolute atomic E-state index is 0.244. The number of amides is 1. The van der Waals surface area contributed by atoms with Crippen molar-refractivity contribution in [2.24, 2.45) is 0 Å². The van der Waals surface area contributed by atoms with Gasteiger partial charge in [-0.05, 0) is 81.9 Å². The van der Waals surface area contributed by atoms with Crippen LogP contribution >= 0.6 is 0 Å². The van der Waals surface area contributed by atoms with Crippen LogP contribution in [0.5, 0.6) is 0 Å². The van der Waals surface area contributed by atoms with Crippen LogP contribution < -0.4 is 10.2 Å². The lowest BCUT2D eigenvalue weighted by atomic mass is 9.96. The molecule has 0 radical (unpaired) electrons. The number of hydrogen-bond donors (Lipinski definition) is 2. The summed E-state index contributed by atoms with van der Waals surface area (Å²) in [5.74, 6) is -0.709. The van der Waals surface area contributed by atoms with E-state index < -0.39 is 5.97 Å². The Hall–Kier alpha value is -4.43. The van der Waals surface area contributed by atoms with Crippen molar-refractivity contribution in [2.45, 2.75) is 26.9 Å². The monoisotopic (exact) mass is 539 g/mol. The average Bonchev–Trinajstić information content (AvgIpc) is 3.31. The molecule has 2 N–H and O–H groups in total. The number of rotatable bonds is 10. The first-order valence-electron chi connectivity index (χ1n) is 13.3. The summed E-state index contributed by atoms with van der Waals surface area (Å²) < 4.78 is 5.43. The van der Waals surface area contributed by atoms with Gasteiger partial charge in [-0.25, -0.2) is 9.78 Å². The Balaban J connectivity index is 1.85. The van der Waals surface area contributed by atoms with Gasteiger partial charge < -0.3 is 24.8 Å². The Morgan fingerprint density at radius 2 is 1.75 bits per heavy atom. The van der Waals surface area contributed by atoms with E-state index in [0.29, 0.717) is 16.9 Å². The third-order valence-corrected chi connectivity index (χ3v) is 6.68. The van der Waals surface area contributed by atoms with Gasteiger partial charge in [-0.15, -0.1) is 0 Å². The van der Waals surface area contributed by atoms with Crippen molar-refractivity contribution >= 4 is 34.3 Å². The quantitative estimate of drug-likeness (QED) is 0.193. The van der Waals surface area contributed by atoms with Crippen LogP contribution in [0.25, 0.3) is 33.4 Å². The molecule has 0 saturated heterocycles.